The van der Waals surface area contributed by atoms with Crippen molar-refractivity contribution in [1.29, 1.82) is 0 Å². The van der Waals surface area contributed by atoms with Gasteiger partial charge in [0.05, 0.1) is 5.56 Å². The summed E-state index contributed by atoms with van der Waals surface area (Å²) < 4.78 is 18.6. The van der Waals surface area contributed by atoms with E-state index in [1.165, 1.54) is 18.2 Å². The molecule has 0 aliphatic rings. The molecule has 0 bridgehead atoms. The van der Waals surface area contributed by atoms with Gasteiger partial charge in [-0.25, -0.2) is 14.0 Å². The Morgan fingerprint density at radius 2 is 1.63 bits per heavy atom. The molecule has 0 aliphatic carbocycles. The third kappa shape index (κ3) is 5.91. The van der Waals surface area contributed by atoms with Crippen LogP contribution in [0, 0.1) is 11.7 Å². The molecule has 2 amide bonds. The second-order valence-electron chi connectivity index (χ2n) is 6.20. The predicted octanol–water partition coefficient (Wildman–Crippen LogP) is 3.40. The van der Waals surface area contributed by atoms with Gasteiger partial charge in [-0.2, -0.15) is 0 Å². The van der Waals surface area contributed by atoms with Crippen LogP contribution in [0.25, 0.3) is 0 Å². The van der Waals surface area contributed by atoms with Gasteiger partial charge in [0.1, 0.15) is 11.9 Å². The fraction of sp³-hybridized carbons (Fsp3) is 0.250. The molecule has 0 saturated heterocycles. The highest BCUT2D eigenvalue weighted by Crippen LogP contribution is 2.10. The number of amides is 2. The van der Waals surface area contributed by atoms with Crippen molar-refractivity contribution in [3.63, 3.8) is 0 Å². The Morgan fingerprint density at radius 3 is 2.26 bits per heavy atom. The predicted molar refractivity (Wildman–Crippen MR) is 98.9 cm³/mol. The molecule has 27 heavy (non-hydrogen) atoms. The summed E-state index contributed by atoms with van der Waals surface area (Å²) in [7, 11) is 0. The molecular weight excluding hydrogens is 351 g/mol. The summed E-state index contributed by atoms with van der Waals surface area (Å²) >= 11 is 0. The number of hydrogen-bond acceptors (Lipinski definition) is 4. The van der Waals surface area contributed by atoms with E-state index in [9.17, 15) is 18.8 Å². The molecular formula is C20H21FN2O4. The standard InChI is InChI=1S/C20H21FN2O4/c1-13(2)18(23-20(26)22-14-8-4-3-5-9-14)19(25)27-12-17(24)15-10-6-7-11-16(15)21/h3-11,13,18H,12H2,1-2H3,(H2,22,23,26)/t18-/m1/s1. The van der Waals surface area contributed by atoms with Crippen molar-refractivity contribution in [1.82, 2.24) is 5.32 Å². The number of ketones is 1. The lowest BCUT2D eigenvalue weighted by atomic mass is 10.0. The van der Waals surface area contributed by atoms with Crippen molar-refractivity contribution in [3.05, 3.63) is 66.0 Å². The molecule has 0 fully saturated rings. The highest BCUT2D eigenvalue weighted by molar-refractivity contribution is 5.98. The van der Waals surface area contributed by atoms with Gasteiger partial charge in [0.15, 0.2) is 6.61 Å². The zero-order valence-corrected chi connectivity index (χ0v) is 15.1. The van der Waals surface area contributed by atoms with E-state index < -0.39 is 36.2 Å². The molecule has 2 aromatic carbocycles. The second kappa shape index (κ2) is 9.47. The zero-order chi connectivity index (χ0) is 19.8. The number of para-hydroxylation sites is 1. The van der Waals surface area contributed by atoms with Gasteiger partial charge in [-0.3, -0.25) is 4.79 Å². The molecule has 2 rings (SSSR count). The summed E-state index contributed by atoms with van der Waals surface area (Å²) in [6.45, 7) is 2.85. The van der Waals surface area contributed by atoms with Gasteiger partial charge in [-0.05, 0) is 30.2 Å². The van der Waals surface area contributed by atoms with Gasteiger partial charge < -0.3 is 15.4 Å². The fourth-order valence-electron chi connectivity index (χ4n) is 2.32. The Bertz CT molecular complexity index is 809. The van der Waals surface area contributed by atoms with Crippen molar-refractivity contribution < 1.29 is 23.5 Å². The van der Waals surface area contributed by atoms with Gasteiger partial charge in [0, 0.05) is 5.69 Å². The molecule has 2 aromatic rings. The van der Waals surface area contributed by atoms with E-state index in [1.807, 2.05) is 6.07 Å². The highest BCUT2D eigenvalue weighted by atomic mass is 19.1. The van der Waals surface area contributed by atoms with Crippen LogP contribution in [-0.2, 0) is 9.53 Å². The van der Waals surface area contributed by atoms with Crippen LogP contribution in [0.4, 0.5) is 14.9 Å². The Morgan fingerprint density at radius 1 is 1.00 bits per heavy atom. The van der Waals surface area contributed by atoms with Crippen molar-refractivity contribution in [3.8, 4) is 0 Å². The lowest BCUT2D eigenvalue weighted by Gasteiger charge is -2.21. The molecule has 2 N–H and O–H groups in total. The SMILES string of the molecule is CC(C)[C@@H](NC(=O)Nc1ccccc1)C(=O)OCC(=O)c1ccccc1F. The topological polar surface area (TPSA) is 84.5 Å². The van der Waals surface area contributed by atoms with Crippen LogP contribution in [0.1, 0.15) is 24.2 Å². The summed E-state index contributed by atoms with van der Waals surface area (Å²) in [4.78, 5) is 36.4. The first-order chi connectivity index (χ1) is 12.9. The largest absolute Gasteiger partial charge is 0.456 e. The first-order valence-electron chi connectivity index (χ1n) is 8.45. The van der Waals surface area contributed by atoms with Gasteiger partial charge in [0.2, 0.25) is 5.78 Å². The third-order valence-electron chi connectivity index (χ3n) is 3.76. The number of halogens is 1. The minimum absolute atomic E-state index is 0.152. The number of hydrogen-bond donors (Lipinski definition) is 2. The number of anilines is 1. The molecule has 0 aliphatic heterocycles. The van der Waals surface area contributed by atoms with Crippen molar-refractivity contribution in [2.45, 2.75) is 19.9 Å². The summed E-state index contributed by atoms with van der Waals surface area (Å²) in [5.74, 6) is -2.38. The van der Waals surface area contributed by atoms with Crippen LogP contribution in [0.15, 0.2) is 54.6 Å². The molecule has 1 atom stereocenters. The average molecular weight is 372 g/mol. The smallest absolute Gasteiger partial charge is 0.329 e. The number of benzene rings is 2. The number of carbonyl (C=O) groups is 3. The molecule has 0 unspecified atom stereocenters. The molecule has 0 saturated carbocycles. The maximum atomic E-state index is 13.6. The Kier molecular flexibility index (Phi) is 7.05. The molecule has 7 heteroatoms. The first kappa shape index (κ1) is 20.1. The van der Waals surface area contributed by atoms with Crippen molar-refractivity contribution in [2.24, 2.45) is 5.92 Å². The average Bonchev–Trinajstić information content (AvgIpc) is 2.65. The molecule has 142 valence electrons. The summed E-state index contributed by atoms with van der Waals surface area (Å²) in [6.07, 6.45) is 0. The number of urea groups is 1. The van der Waals surface area contributed by atoms with Gasteiger partial charge in [-0.15, -0.1) is 0 Å². The third-order valence-corrected chi connectivity index (χ3v) is 3.76. The van der Waals surface area contributed by atoms with E-state index in [0.29, 0.717) is 5.69 Å². The summed E-state index contributed by atoms with van der Waals surface area (Å²) in [5, 5.41) is 5.14. The molecule has 0 spiro atoms. The Balaban J connectivity index is 1.93. The highest BCUT2D eigenvalue weighted by Gasteiger charge is 2.26. The summed E-state index contributed by atoms with van der Waals surface area (Å²) in [5.41, 5.74) is 0.418. The number of rotatable bonds is 7. The van der Waals surface area contributed by atoms with E-state index in [4.69, 9.17) is 4.74 Å². The minimum atomic E-state index is -0.956. The van der Waals surface area contributed by atoms with Crippen molar-refractivity contribution in [2.75, 3.05) is 11.9 Å². The van der Waals surface area contributed by atoms with Crippen molar-refractivity contribution >= 4 is 23.5 Å². The maximum absolute atomic E-state index is 13.6. The number of ether oxygens (including phenoxy) is 1. The molecule has 0 heterocycles. The number of nitrogens with one attached hydrogen (secondary N) is 2. The van der Waals surface area contributed by atoms with E-state index >= 15 is 0 Å². The number of Topliss-reactive ketones (excluding diaryl/α,β-unsaturated/α-hetero) is 1. The minimum Gasteiger partial charge on any atom is -0.456 e. The Hall–Kier alpha value is -3.22. The number of esters is 1. The first-order valence-corrected chi connectivity index (χ1v) is 8.45. The van der Waals surface area contributed by atoms with Gasteiger partial charge in [0.25, 0.3) is 0 Å². The molecule has 6 nitrogen and oxygen atoms in total. The lowest BCUT2D eigenvalue weighted by molar-refractivity contribution is -0.145. The van der Waals surface area contributed by atoms with E-state index in [-0.39, 0.29) is 11.5 Å². The van der Waals surface area contributed by atoms with Gasteiger partial charge in [-0.1, -0.05) is 44.2 Å². The van der Waals surface area contributed by atoms with Crippen LogP contribution >= 0.6 is 0 Å². The van der Waals surface area contributed by atoms with Crippen LogP contribution in [0.3, 0.4) is 0 Å². The normalized spacial score (nSPS) is 11.6. The van der Waals surface area contributed by atoms with E-state index in [0.717, 1.165) is 6.07 Å². The van der Waals surface area contributed by atoms with E-state index in [2.05, 4.69) is 10.6 Å². The second-order valence-corrected chi connectivity index (χ2v) is 6.20. The van der Waals surface area contributed by atoms with Crippen LogP contribution in [0.2, 0.25) is 0 Å². The van der Waals surface area contributed by atoms with E-state index in [1.54, 1.807) is 38.1 Å². The van der Waals surface area contributed by atoms with Crippen LogP contribution in [0.5, 0.6) is 0 Å². The number of carbonyl (C=O) groups excluding carboxylic acids is 3. The van der Waals surface area contributed by atoms with Crippen LogP contribution < -0.4 is 10.6 Å². The summed E-state index contributed by atoms with van der Waals surface area (Å²) in [6, 6.07) is 12.7. The maximum Gasteiger partial charge on any atom is 0.329 e. The quantitative estimate of drug-likeness (QED) is 0.576. The van der Waals surface area contributed by atoms with Gasteiger partial charge >= 0.3 is 12.0 Å². The fourth-order valence-corrected chi connectivity index (χ4v) is 2.32. The van der Waals surface area contributed by atoms with Crippen LogP contribution in [-0.4, -0.2) is 30.4 Å². The lowest BCUT2D eigenvalue weighted by Crippen LogP contribution is -2.47. The Labute approximate surface area is 156 Å². The molecule has 0 radical (unpaired) electrons. The zero-order valence-electron chi connectivity index (χ0n) is 15.1. The molecule has 0 aromatic heterocycles. The monoisotopic (exact) mass is 372 g/mol.